The Labute approximate surface area is 351 Å². The maximum atomic E-state index is 13.4. The normalized spacial score (nSPS) is 15.3. The first-order chi connectivity index (χ1) is 28.7. The molecule has 1 N–H and O–H groups in total. The van der Waals surface area contributed by atoms with Gasteiger partial charge < -0.3 is 34.2 Å². The van der Waals surface area contributed by atoms with E-state index in [0.717, 1.165) is 114 Å². The minimum absolute atomic E-state index is 0.0897. The summed E-state index contributed by atoms with van der Waals surface area (Å²) in [4.78, 5) is 56.7. The van der Waals surface area contributed by atoms with Crippen LogP contribution in [-0.2, 0) is 20.6 Å². The molecule has 0 radical (unpaired) electrons. The van der Waals surface area contributed by atoms with E-state index in [2.05, 4.69) is 38.8 Å². The summed E-state index contributed by atoms with van der Waals surface area (Å²) in [6, 6.07) is 15.1. The smallest absolute Gasteiger partial charge is 0.251 e. The van der Waals surface area contributed by atoms with Gasteiger partial charge in [0.15, 0.2) is 11.6 Å². The van der Waals surface area contributed by atoms with Gasteiger partial charge in [0.1, 0.15) is 11.6 Å². The van der Waals surface area contributed by atoms with Gasteiger partial charge in [-0.1, -0.05) is 26.2 Å². The van der Waals surface area contributed by atoms with Crippen LogP contribution in [0.5, 0.6) is 0 Å². The van der Waals surface area contributed by atoms with Gasteiger partial charge in [-0.15, -0.1) is 0 Å². The van der Waals surface area contributed by atoms with E-state index in [1.165, 1.54) is 33.1 Å². The Kier molecular flexibility index (Phi) is 18.6. The number of ether oxygens (including phenoxy) is 3. The summed E-state index contributed by atoms with van der Waals surface area (Å²) in [5.41, 5.74) is 4.48. The van der Waals surface area contributed by atoms with Crippen molar-refractivity contribution >= 4 is 34.7 Å². The zero-order chi connectivity index (χ0) is 42.0. The summed E-state index contributed by atoms with van der Waals surface area (Å²) in [7, 11) is 0. The van der Waals surface area contributed by atoms with Crippen molar-refractivity contribution in [1.82, 2.24) is 20.2 Å². The molecule has 3 heterocycles. The third kappa shape index (κ3) is 14.1. The molecule has 59 heavy (non-hydrogen) atoms. The predicted molar refractivity (Wildman–Crippen MR) is 234 cm³/mol. The van der Waals surface area contributed by atoms with Crippen LogP contribution in [-0.4, -0.2) is 131 Å². The summed E-state index contributed by atoms with van der Waals surface area (Å²) in [6.45, 7) is 20.9. The number of carbonyl (C=O) groups is 3. The van der Waals surface area contributed by atoms with E-state index in [-0.39, 0.29) is 23.5 Å². The Morgan fingerprint density at radius 1 is 0.763 bits per heavy atom. The molecule has 13 heteroatoms. The van der Waals surface area contributed by atoms with Crippen LogP contribution in [0.25, 0.3) is 0 Å². The molecule has 0 spiro atoms. The molecule has 5 rings (SSSR count). The zero-order valence-electron chi connectivity index (χ0n) is 36.2. The predicted octanol–water partition coefficient (Wildman–Crippen LogP) is 6.40. The number of anilines is 3. The van der Waals surface area contributed by atoms with Gasteiger partial charge in [0.05, 0.1) is 44.8 Å². The van der Waals surface area contributed by atoms with Crippen molar-refractivity contribution in [1.29, 1.82) is 0 Å². The molecular weight excluding hydrogens is 747 g/mol. The lowest BCUT2D eigenvalue weighted by atomic mass is 10.00. The molecule has 0 aliphatic carbocycles. The second-order valence-electron chi connectivity index (χ2n) is 15.5. The highest BCUT2D eigenvalue weighted by atomic mass is 16.5. The van der Waals surface area contributed by atoms with E-state index >= 15 is 0 Å². The molecule has 2 saturated heterocycles. The number of hydrogen-bond donors (Lipinski definition) is 1. The number of morpholine rings is 1. The van der Waals surface area contributed by atoms with E-state index in [0.29, 0.717) is 49.5 Å². The molecule has 1 atom stereocenters. The number of nitrogens with zero attached hydrogens (tertiary/aromatic N) is 6. The number of nitrogens with one attached hydrogen (secondary N) is 1. The first kappa shape index (κ1) is 45.7. The molecule has 2 aromatic carbocycles. The number of hydrogen-bond acceptors (Lipinski definition) is 12. The number of aryl methyl sites for hydroxylation is 1. The lowest BCUT2D eigenvalue weighted by molar-refractivity contribution is 0.0373. The molecular formula is C46H67N7O6. The monoisotopic (exact) mass is 814 g/mol. The van der Waals surface area contributed by atoms with Gasteiger partial charge >= 0.3 is 0 Å². The molecule has 3 aromatic rings. The van der Waals surface area contributed by atoms with Crippen molar-refractivity contribution < 1.29 is 28.6 Å². The molecule has 2 aliphatic heterocycles. The Morgan fingerprint density at radius 2 is 1.44 bits per heavy atom. The fourth-order valence-electron chi connectivity index (χ4n) is 7.57. The van der Waals surface area contributed by atoms with Crippen LogP contribution in [0, 0.1) is 0 Å². The van der Waals surface area contributed by atoms with Crippen molar-refractivity contribution in [2.45, 2.75) is 79.2 Å². The van der Waals surface area contributed by atoms with E-state index in [1.54, 1.807) is 6.07 Å². The third-order valence-electron chi connectivity index (χ3n) is 11.2. The number of benzene rings is 2. The number of rotatable bonds is 24. The van der Waals surface area contributed by atoms with Gasteiger partial charge in [-0.05, 0) is 83.0 Å². The molecule has 1 aromatic heterocycles. The summed E-state index contributed by atoms with van der Waals surface area (Å²) in [5.74, 6) is 1.35. The van der Waals surface area contributed by atoms with Crippen molar-refractivity contribution in [3.8, 4) is 0 Å². The van der Waals surface area contributed by atoms with Gasteiger partial charge in [0.25, 0.3) is 5.91 Å². The quantitative estimate of drug-likeness (QED) is 0.0794. The number of amides is 1. The first-order valence-corrected chi connectivity index (χ1v) is 21.8. The van der Waals surface area contributed by atoms with E-state index in [9.17, 15) is 14.4 Å². The highest BCUT2D eigenvalue weighted by Gasteiger charge is 2.21. The lowest BCUT2D eigenvalue weighted by Crippen LogP contribution is -2.47. The SMILES string of the molecule is CCCCCCN(CC)c1cc(C(C)NC(=O)c2ccc(N3CCOCC3)cc2)nc(CCCOCCOCCN2CCN(c3ccc(C(C)=O)c(C(C)=O)c3)CC2)n1. The van der Waals surface area contributed by atoms with Crippen molar-refractivity contribution in [2.24, 2.45) is 0 Å². The Hall–Kier alpha value is -4.43. The van der Waals surface area contributed by atoms with E-state index in [4.69, 9.17) is 24.2 Å². The fraction of sp³-hybridized carbons (Fsp3) is 0.587. The molecule has 322 valence electrons. The van der Waals surface area contributed by atoms with E-state index in [1.807, 2.05) is 49.4 Å². The number of unbranched alkanes of at least 4 members (excludes halogenated alkanes) is 3. The molecule has 1 unspecified atom stereocenters. The maximum Gasteiger partial charge on any atom is 0.251 e. The molecule has 1 amide bonds. The van der Waals surface area contributed by atoms with Gasteiger partial charge in [-0.3, -0.25) is 19.3 Å². The zero-order valence-corrected chi connectivity index (χ0v) is 36.2. The Bertz CT molecular complexity index is 1780. The Balaban J connectivity index is 1.05. The highest BCUT2D eigenvalue weighted by molar-refractivity contribution is 6.07. The summed E-state index contributed by atoms with van der Waals surface area (Å²) < 4.78 is 17.3. The van der Waals surface area contributed by atoms with Crippen LogP contribution in [0.2, 0.25) is 0 Å². The summed E-state index contributed by atoms with van der Waals surface area (Å²) in [5, 5.41) is 3.18. The average molecular weight is 814 g/mol. The number of Topliss-reactive ketones (excluding diaryl/α,β-unsaturated/α-hetero) is 2. The standard InChI is InChI=1S/C46H67N7O6/c1-6-8-9-10-19-51(7-2)45-34-43(35(3)47-46(56)38-13-15-39(16-14-38)53-25-29-58-30-26-53)48-44(49-45)12-11-27-57-31-32-59-28-24-50-20-22-52(23-21-50)40-17-18-41(36(4)54)42(33-40)37(5)55/h13-18,33-35H,6-12,19-32H2,1-5H3,(H,47,56). The summed E-state index contributed by atoms with van der Waals surface area (Å²) in [6.07, 6.45) is 6.17. The van der Waals surface area contributed by atoms with Crippen LogP contribution in [0.4, 0.5) is 17.2 Å². The minimum Gasteiger partial charge on any atom is -0.379 e. The third-order valence-corrected chi connectivity index (χ3v) is 11.2. The van der Waals surface area contributed by atoms with Crippen LogP contribution in [0.1, 0.15) is 115 Å². The van der Waals surface area contributed by atoms with Gasteiger partial charge in [0, 0.05) is 106 Å². The number of ketones is 2. The summed E-state index contributed by atoms with van der Waals surface area (Å²) >= 11 is 0. The minimum atomic E-state index is -0.301. The van der Waals surface area contributed by atoms with Crippen LogP contribution >= 0.6 is 0 Å². The molecule has 2 fully saturated rings. The van der Waals surface area contributed by atoms with E-state index < -0.39 is 0 Å². The number of piperazine rings is 1. The average Bonchev–Trinajstić information content (AvgIpc) is 3.26. The molecule has 13 nitrogen and oxygen atoms in total. The Morgan fingerprint density at radius 3 is 2.12 bits per heavy atom. The number of aromatic nitrogens is 2. The fourth-order valence-corrected chi connectivity index (χ4v) is 7.57. The highest BCUT2D eigenvalue weighted by Crippen LogP contribution is 2.24. The number of carbonyl (C=O) groups excluding carboxylic acids is 3. The largest absolute Gasteiger partial charge is 0.379 e. The van der Waals surface area contributed by atoms with Crippen molar-refractivity contribution in [3.63, 3.8) is 0 Å². The van der Waals surface area contributed by atoms with Gasteiger partial charge in [0.2, 0.25) is 0 Å². The van der Waals surface area contributed by atoms with Crippen LogP contribution in [0.3, 0.4) is 0 Å². The van der Waals surface area contributed by atoms with Crippen molar-refractivity contribution in [2.75, 3.05) is 113 Å². The molecule has 0 bridgehead atoms. The van der Waals surface area contributed by atoms with Gasteiger partial charge in [-0.25, -0.2) is 9.97 Å². The van der Waals surface area contributed by atoms with Crippen LogP contribution < -0.4 is 20.0 Å². The molecule has 0 saturated carbocycles. The maximum absolute atomic E-state index is 13.4. The van der Waals surface area contributed by atoms with Crippen molar-refractivity contribution in [3.05, 3.63) is 76.7 Å². The lowest BCUT2D eigenvalue weighted by Gasteiger charge is -2.36. The second kappa shape index (κ2) is 24.0. The van der Waals surface area contributed by atoms with Gasteiger partial charge in [-0.2, -0.15) is 0 Å². The van der Waals surface area contributed by atoms with Crippen LogP contribution in [0.15, 0.2) is 48.5 Å². The first-order valence-electron chi connectivity index (χ1n) is 21.8. The second-order valence-corrected chi connectivity index (χ2v) is 15.5. The topological polar surface area (TPSA) is 130 Å². The molecule has 2 aliphatic rings.